The Labute approximate surface area is 589 Å². The molecule has 0 unspecified atom stereocenters. The van der Waals surface area contributed by atoms with Gasteiger partial charge >= 0.3 is 35.8 Å². The van der Waals surface area contributed by atoms with Crippen molar-refractivity contribution in [1.82, 2.24) is 64.3 Å². The molecule has 5 fully saturated rings. The van der Waals surface area contributed by atoms with Crippen LogP contribution in [0.4, 0.5) is 54.8 Å². The standard InChI is InChI=1S/C27H31N5O3.C24H29N7O2.C23H30N8O2/c1-28-23-9-8-22(35-23)25(33)30-21-7-6-20(19-16-31(2)26(34)32(3)17-19)29-24(21)18-10-14-27(15-11-18)12-4-5-13-27;1-24(2)10-8-15(9-11-24)20-18(28-22(32)21-26-12-19(25-3)29-21)7-6-17(27-20)16-13-30(4)23(33)31(5)14-16;1-23(2)8-10-31(11-9-23)20-17(27-21(32)19-25-12-18(24-3)28-19)7-6-16(26-20)15-13-29(4)22(33)30(5)14-15/h6-10,19H,4-5,11-17H2,2-3H3,(H,30,33);6-8,12,16H,9-11,13-14H2,1-2,4-5H3,(H,26,29)(H,28,32);6-7,12,15H,8-11,13-14H2,1-2,4-5H3,(H,25,28)(H,27,32). The number of pyridine rings is 3. The van der Waals surface area contributed by atoms with Gasteiger partial charge in [-0.1, -0.05) is 65.8 Å². The van der Waals surface area contributed by atoms with Crippen LogP contribution < -0.4 is 20.9 Å². The molecule has 101 heavy (non-hydrogen) atoms. The van der Waals surface area contributed by atoms with E-state index in [1.54, 1.807) is 57.6 Å². The van der Waals surface area contributed by atoms with Crippen molar-refractivity contribution in [3.63, 3.8) is 0 Å². The molecular formula is C74H90N20O7. The van der Waals surface area contributed by atoms with Crippen molar-refractivity contribution >= 4 is 87.4 Å². The highest BCUT2D eigenvalue weighted by Crippen LogP contribution is 2.50. The molecule has 6 aromatic rings. The number of imidazole rings is 2. The Morgan fingerprint density at radius 3 is 1.34 bits per heavy atom. The van der Waals surface area contributed by atoms with E-state index in [0.29, 0.717) is 61.7 Å². The van der Waals surface area contributed by atoms with Crippen LogP contribution in [0.2, 0.25) is 0 Å². The Morgan fingerprint density at radius 2 is 0.931 bits per heavy atom. The second-order valence-electron chi connectivity index (χ2n) is 29.6. The number of hydrogen-bond donors (Lipinski definition) is 5. The first-order valence-corrected chi connectivity index (χ1v) is 34.5. The minimum absolute atomic E-state index is 0.00445. The summed E-state index contributed by atoms with van der Waals surface area (Å²) in [6.45, 7) is 35.5. The fraction of sp³-hybridized carbons (Fsp3) is 0.486. The number of rotatable bonds is 12. The van der Waals surface area contributed by atoms with Crippen LogP contribution in [0, 0.1) is 36.0 Å². The van der Waals surface area contributed by atoms with Crippen LogP contribution in [0.25, 0.3) is 25.7 Å². The van der Waals surface area contributed by atoms with Crippen LogP contribution in [0.15, 0.2) is 77.5 Å². The molecule has 27 nitrogen and oxygen atoms in total. The van der Waals surface area contributed by atoms with Crippen molar-refractivity contribution in [2.45, 2.75) is 122 Å². The van der Waals surface area contributed by atoms with Gasteiger partial charge in [-0.3, -0.25) is 34.3 Å². The summed E-state index contributed by atoms with van der Waals surface area (Å²) in [5.41, 5.74) is 9.35. The van der Waals surface area contributed by atoms with Gasteiger partial charge in [-0.2, -0.15) is 4.85 Å². The van der Waals surface area contributed by atoms with Crippen LogP contribution >= 0.6 is 0 Å². The normalized spacial score (nSPS) is 19.2. The highest BCUT2D eigenvalue weighted by Gasteiger charge is 2.38. The van der Waals surface area contributed by atoms with E-state index < -0.39 is 17.7 Å². The lowest BCUT2D eigenvalue weighted by Gasteiger charge is -2.39. The Kier molecular flexibility index (Phi) is 21.1. The van der Waals surface area contributed by atoms with Crippen molar-refractivity contribution in [2.75, 3.05) is 115 Å². The first kappa shape index (κ1) is 71.4. The number of nitrogens with one attached hydrogen (secondary N) is 5. The predicted molar refractivity (Wildman–Crippen MR) is 385 cm³/mol. The third kappa shape index (κ3) is 16.6. The number of furan rings is 1. The number of piperidine rings is 1. The summed E-state index contributed by atoms with van der Waals surface area (Å²) in [7, 11) is 10.8. The molecule has 5 N–H and O–H groups in total. The molecule has 7 aliphatic rings. The maximum Gasteiger partial charge on any atom is 0.346 e. The Hall–Kier alpha value is -10.9. The highest BCUT2D eigenvalue weighted by molar-refractivity contribution is 6.05. The zero-order valence-electron chi connectivity index (χ0n) is 59.4. The van der Waals surface area contributed by atoms with E-state index in [1.165, 1.54) is 50.2 Å². The molecule has 9 amide bonds. The van der Waals surface area contributed by atoms with Crippen LogP contribution in [-0.2, 0) is 0 Å². The summed E-state index contributed by atoms with van der Waals surface area (Å²) in [4.78, 5) is 126. The summed E-state index contributed by atoms with van der Waals surface area (Å²) >= 11 is 0. The van der Waals surface area contributed by atoms with E-state index in [9.17, 15) is 28.8 Å². The van der Waals surface area contributed by atoms with E-state index in [-0.39, 0.29) is 81.6 Å². The quantitative estimate of drug-likeness (QED) is 0.0714. The lowest BCUT2D eigenvalue weighted by atomic mass is 9.73. The number of nitrogens with zero attached hydrogens (tertiary/aromatic N) is 15. The maximum absolute atomic E-state index is 12.9. The second-order valence-corrected chi connectivity index (χ2v) is 29.6. The number of urea groups is 3. The summed E-state index contributed by atoms with van der Waals surface area (Å²) in [5.74, 6) is 0.527. The Bertz CT molecular complexity index is 4290. The number of carbonyl (C=O) groups excluding carboxylic acids is 6. The minimum atomic E-state index is -0.417. The average Bonchev–Trinajstić information content (AvgIpc) is 1.46. The number of aromatic amines is 2. The molecule has 10 heterocycles. The topological polar surface area (TPSA) is 283 Å². The fourth-order valence-electron chi connectivity index (χ4n) is 14.6. The van der Waals surface area contributed by atoms with Crippen LogP contribution in [0.3, 0.4) is 0 Å². The largest absolute Gasteiger partial charge is 0.475 e. The van der Waals surface area contributed by atoms with E-state index in [1.807, 2.05) is 50.5 Å². The Morgan fingerprint density at radius 1 is 0.505 bits per heavy atom. The van der Waals surface area contributed by atoms with Gasteiger partial charge in [0.25, 0.3) is 17.6 Å². The van der Waals surface area contributed by atoms with Crippen LogP contribution in [0.1, 0.15) is 183 Å². The number of H-pyrrole nitrogens is 2. The van der Waals surface area contributed by atoms with Gasteiger partial charge in [0.05, 0.1) is 47.4 Å². The average molecular weight is 1370 g/mol. The van der Waals surface area contributed by atoms with Gasteiger partial charge in [-0.05, 0) is 140 Å². The predicted octanol–water partition coefficient (Wildman–Crippen LogP) is 13.3. The van der Waals surface area contributed by atoms with Gasteiger partial charge in [0.15, 0.2) is 11.6 Å². The molecule has 1 spiro atoms. The van der Waals surface area contributed by atoms with Crippen molar-refractivity contribution in [3.05, 3.63) is 153 Å². The molecule has 0 bridgehead atoms. The molecular weight excluding hydrogens is 1280 g/mol. The third-order valence-corrected chi connectivity index (χ3v) is 20.7. The number of hydrogen-bond acceptors (Lipinski definition) is 13. The maximum atomic E-state index is 12.9. The smallest absolute Gasteiger partial charge is 0.346 e. The molecule has 0 atom stereocenters. The lowest BCUT2D eigenvalue weighted by Crippen LogP contribution is -2.49. The molecule has 0 radical (unpaired) electrons. The summed E-state index contributed by atoms with van der Waals surface area (Å²) < 4.78 is 5.32. The fourth-order valence-corrected chi connectivity index (χ4v) is 14.6. The first-order chi connectivity index (χ1) is 48.2. The molecule has 0 aromatic carbocycles. The van der Waals surface area contributed by atoms with Crippen molar-refractivity contribution in [2.24, 2.45) is 16.2 Å². The van der Waals surface area contributed by atoms with Crippen molar-refractivity contribution < 1.29 is 33.2 Å². The number of allylic oxidation sites excluding steroid dienone is 4. The molecule has 27 heteroatoms. The monoisotopic (exact) mass is 1370 g/mol. The summed E-state index contributed by atoms with van der Waals surface area (Å²) in [6, 6.07) is 14.5. The number of amides is 9. The zero-order chi connectivity index (χ0) is 72.1. The molecule has 4 aliphatic heterocycles. The molecule has 1 saturated carbocycles. The van der Waals surface area contributed by atoms with Gasteiger partial charge in [0.1, 0.15) is 0 Å². The minimum Gasteiger partial charge on any atom is -0.475 e. The highest BCUT2D eigenvalue weighted by atomic mass is 16.4. The molecule has 4 saturated heterocycles. The van der Waals surface area contributed by atoms with E-state index in [4.69, 9.17) is 39.1 Å². The summed E-state index contributed by atoms with van der Waals surface area (Å²) in [6.07, 6.45) is 20.5. The molecule has 6 aromatic heterocycles. The van der Waals surface area contributed by atoms with E-state index >= 15 is 0 Å². The van der Waals surface area contributed by atoms with Crippen molar-refractivity contribution in [1.29, 1.82) is 0 Å². The first-order valence-electron chi connectivity index (χ1n) is 34.5. The number of aromatic nitrogens is 7. The van der Waals surface area contributed by atoms with Crippen LogP contribution in [0.5, 0.6) is 0 Å². The second kappa shape index (κ2) is 29.9. The summed E-state index contributed by atoms with van der Waals surface area (Å²) in [5, 5.41) is 8.81. The van der Waals surface area contributed by atoms with Gasteiger partial charge < -0.3 is 64.4 Å². The number of anilines is 4. The number of likely N-dealkylation sites (N-methyl/N-ethyl adjacent to an activating group) is 6. The van der Waals surface area contributed by atoms with E-state index in [0.717, 1.165) is 110 Å². The molecule has 528 valence electrons. The van der Waals surface area contributed by atoms with E-state index in [2.05, 4.69) is 95.2 Å². The molecule has 3 aliphatic carbocycles. The molecule has 13 rings (SSSR count). The van der Waals surface area contributed by atoms with Crippen molar-refractivity contribution in [3.8, 4) is 0 Å². The van der Waals surface area contributed by atoms with Gasteiger partial charge in [-0.25, -0.2) is 29.3 Å². The third-order valence-electron chi connectivity index (χ3n) is 20.7. The zero-order valence-corrected chi connectivity index (χ0v) is 59.4. The Balaban J connectivity index is 0.000000153. The van der Waals surface area contributed by atoms with Gasteiger partial charge in [-0.15, -0.1) is 0 Å². The SMILES string of the molecule is [C-]#[N+]c1ccc(C(=O)Nc2ccc(C3CN(C)C(=O)N(C)C3)nc2C2=CCC3(CCCC3)CC2)o1.[C-]#[N+]c1cnc(C(=O)Nc2ccc(C3CN(C)C(=O)N(C)C3)nc2C2=CCC(C)(C)CC2)[nH]1.[C-]#[N+]c1cnc(C(=O)Nc2ccc(C3CN(C)C(=O)N(C)C3)nc2N2CCC(C)(C)CC2)[nH]1. The van der Waals surface area contributed by atoms with Gasteiger partial charge in [0.2, 0.25) is 11.6 Å². The van der Waals surface area contributed by atoms with Crippen LogP contribution in [-0.4, -0.2) is 195 Å². The van der Waals surface area contributed by atoms with Gasteiger partial charge in [0, 0.05) is 129 Å². The number of carbonyl (C=O) groups is 6. The lowest BCUT2D eigenvalue weighted by molar-refractivity contribution is 0.0993.